The van der Waals surface area contributed by atoms with E-state index in [2.05, 4.69) is 68.9 Å². The van der Waals surface area contributed by atoms with Crippen molar-refractivity contribution in [2.24, 2.45) is 16.2 Å². The van der Waals surface area contributed by atoms with Gasteiger partial charge < -0.3 is 0 Å². The van der Waals surface area contributed by atoms with Crippen LogP contribution < -0.4 is 0 Å². The van der Waals surface area contributed by atoms with E-state index in [1.807, 2.05) is 0 Å². The van der Waals surface area contributed by atoms with Gasteiger partial charge in [0.05, 0.1) is 8.07 Å². The summed E-state index contributed by atoms with van der Waals surface area (Å²) in [6.45, 7) is 24.3. The van der Waals surface area contributed by atoms with Crippen LogP contribution in [0.15, 0.2) is 0 Å². The van der Waals surface area contributed by atoms with Gasteiger partial charge in [-0.1, -0.05) is 106 Å². The maximum Gasteiger partial charge on any atom is 0.0504 e. The normalized spacial score (nSPS) is 14.3. The van der Waals surface area contributed by atoms with E-state index in [1.165, 1.54) is 38.5 Å². The highest BCUT2D eigenvalue weighted by atomic mass is 28.3. The summed E-state index contributed by atoms with van der Waals surface area (Å²) in [4.78, 5) is 0. The van der Waals surface area contributed by atoms with Crippen LogP contribution in [-0.4, -0.2) is 8.07 Å². The molecular weight excluding hydrogens is 292 g/mol. The van der Waals surface area contributed by atoms with Crippen LogP contribution in [0.3, 0.4) is 0 Å². The number of rotatable bonds is 9. The Morgan fingerprint density at radius 2 is 0.696 bits per heavy atom. The van der Waals surface area contributed by atoms with E-state index in [9.17, 15) is 0 Å². The zero-order valence-electron chi connectivity index (χ0n) is 18.4. The van der Waals surface area contributed by atoms with Crippen molar-refractivity contribution in [3.63, 3.8) is 0 Å². The molecule has 0 unspecified atom stereocenters. The summed E-state index contributed by atoms with van der Waals surface area (Å²) >= 11 is 0. The van der Waals surface area contributed by atoms with E-state index in [4.69, 9.17) is 0 Å². The second-order valence-electron chi connectivity index (χ2n) is 12.1. The van der Waals surface area contributed by atoms with Gasteiger partial charge >= 0.3 is 0 Å². The molecule has 0 aromatic heterocycles. The molecule has 140 valence electrons. The van der Waals surface area contributed by atoms with Crippen LogP contribution in [0.4, 0.5) is 0 Å². The molecule has 0 aliphatic carbocycles. The molecule has 0 atom stereocenters. The lowest BCUT2D eigenvalue weighted by Gasteiger charge is -2.31. The molecule has 0 saturated carbocycles. The van der Waals surface area contributed by atoms with Crippen molar-refractivity contribution >= 4 is 8.07 Å². The Morgan fingerprint density at radius 3 is 0.870 bits per heavy atom. The fourth-order valence-corrected chi connectivity index (χ4v) is 7.35. The maximum atomic E-state index is 2.71. The predicted octanol–water partition coefficient (Wildman–Crippen LogP) is 8.54. The number of hydrogen-bond donors (Lipinski definition) is 0. The van der Waals surface area contributed by atoms with Crippen molar-refractivity contribution in [1.29, 1.82) is 0 Å². The third kappa shape index (κ3) is 15.5. The third-order valence-corrected chi connectivity index (χ3v) is 9.80. The quantitative estimate of drug-likeness (QED) is 0.369. The van der Waals surface area contributed by atoms with Crippen molar-refractivity contribution in [1.82, 2.24) is 0 Å². The molecule has 0 N–H and O–H groups in total. The first-order valence-corrected chi connectivity index (χ1v) is 13.2. The third-order valence-electron chi connectivity index (χ3n) is 5.12. The Balaban J connectivity index is 4.50. The fourth-order valence-electron chi connectivity index (χ4n) is 3.51. The van der Waals surface area contributed by atoms with Crippen LogP contribution in [0, 0.1) is 16.2 Å². The summed E-state index contributed by atoms with van der Waals surface area (Å²) in [7, 11) is -1.05. The summed E-state index contributed by atoms with van der Waals surface area (Å²) in [6, 6.07) is 4.66. The molecule has 0 radical (unpaired) electrons. The molecule has 0 aliphatic rings. The van der Waals surface area contributed by atoms with Gasteiger partial charge in [-0.15, -0.1) is 0 Å². The Morgan fingerprint density at radius 1 is 0.478 bits per heavy atom. The Labute approximate surface area is 150 Å². The second kappa shape index (κ2) is 9.06. The monoisotopic (exact) mass is 340 g/mol. The average Bonchev–Trinajstić information content (AvgIpc) is 2.22. The van der Waals surface area contributed by atoms with Gasteiger partial charge in [0.1, 0.15) is 0 Å². The largest absolute Gasteiger partial charge is 0.0691 e. The van der Waals surface area contributed by atoms with E-state index in [-0.39, 0.29) is 0 Å². The smallest absolute Gasteiger partial charge is 0.0504 e. The van der Waals surface area contributed by atoms with Gasteiger partial charge in [0.25, 0.3) is 0 Å². The van der Waals surface area contributed by atoms with E-state index in [0.717, 1.165) is 0 Å². The van der Waals surface area contributed by atoms with Gasteiger partial charge in [-0.05, 0) is 35.5 Å². The minimum absolute atomic E-state index is 0.506. The summed E-state index contributed by atoms with van der Waals surface area (Å²) < 4.78 is 0. The molecule has 0 nitrogen and oxygen atoms in total. The van der Waals surface area contributed by atoms with Gasteiger partial charge in [-0.25, -0.2) is 0 Å². The lowest BCUT2D eigenvalue weighted by Crippen LogP contribution is -2.30. The lowest BCUT2D eigenvalue weighted by atomic mass is 9.91. The fraction of sp³-hybridized carbons (Fsp3) is 1.00. The molecule has 0 aliphatic heterocycles. The SMILES string of the molecule is CC(C)(C)CCC[Si](C)(CCCC(C)(C)C)CCCC(C)(C)C. The minimum Gasteiger partial charge on any atom is -0.0691 e. The highest BCUT2D eigenvalue weighted by molar-refractivity contribution is 6.78. The molecule has 0 rings (SSSR count). The van der Waals surface area contributed by atoms with Gasteiger partial charge in [0.15, 0.2) is 0 Å². The molecule has 0 heterocycles. The zero-order valence-corrected chi connectivity index (χ0v) is 19.4. The molecule has 0 aromatic carbocycles. The first kappa shape index (κ1) is 23.2. The first-order chi connectivity index (χ1) is 10.1. The molecule has 0 bridgehead atoms. The van der Waals surface area contributed by atoms with Gasteiger partial charge in [-0.3, -0.25) is 0 Å². The van der Waals surface area contributed by atoms with Crippen LogP contribution in [0.2, 0.25) is 24.7 Å². The minimum atomic E-state index is -1.05. The molecule has 0 amide bonds. The van der Waals surface area contributed by atoms with E-state index >= 15 is 0 Å². The lowest BCUT2D eigenvalue weighted by molar-refractivity contribution is 0.366. The van der Waals surface area contributed by atoms with Gasteiger partial charge in [0, 0.05) is 0 Å². The molecule has 1 heteroatoms. The summed E-state index contributed by atoms with van der Waals surface area (Å²) in [5, 5.41) is 0. The van der Waals surface area contributed by atoms with Crippen LogP contribution >= 0.6 is 0 Å². The van der Waals surface area contributed by atoms with E-state index < -0.39 is 8.07 Å². The number of hydrogen-bond acceptors (Lipinski definition) is 0. The van der Waals surface area contributed by atoms with Crippen LogP contribution in [-0.2, 0) is 0 Å². The van der Waals surface area contributed by atoms with E-state index in [0.29, 0.717) is 16.2 Å². The van der Waals surface area contributed by atoms with Crippen molar-refractivity contribution in [3.8, 4) is 0 Å². The zero-order chi connectivity index (χ0) is 18.4. The van der Waals surface area contributed by atoms with Crippen molar-refractivity contribution in [2.75, 3.05) is 0 Å². The highest BCUT2D eigenvalue weighted by Crippen LogP contribution is 2.34. The highest BCUT2D eigenvalue weighted by Gasteiger charge is 2.28. The summed E-state index contributed by atoms with van der Waals surface area (Å²) in [5.41, 5.74) is 1.52. The Hall–Kier alpha value is 0.217. The maximum absolute atomic E-state index is 2.71. The van der Waals surface area contributed by atoms with Gasteiger partial charge in [-0.2, -0.15) is 0 Å². The van der Waals surface area contributed by atoms with Crippen LogP contribution in [0.5, 0.6) is 0 Å². The topological polar surface area (TPSA) is 0 Å². The molecule has 0 saturated heterocycles. The molecule has 0 spiro atoms. The average molecular weight is 341 g/mol. The Bertz CT molecular complexity index is 258. The van der Waals surface area contributed by atoms with Crippen molar-refractivity contribution in [3.05, 3.63) is 0 Å². The first-order valence-electron chi connectivity index (χ1n) is 10.1. The predicted molar refractivity (Wildman–Crippen MR) is 112 cm³/mol. The van der Waals surface area contributed by atoms with Crippen molar-refractivity contribution < 1.29 is 0 Å². The molecule has 23 heavy (non-hydrogen) atoms. The Kier molecular flexibility index (Phi) is 9.15. The molecular formula is C22H48Si. The molecule has 0 fully saturated rings. The van der Waals surface area contributed by atoms with Crippen molar-refractivity contribution in [2.45, 2.75) is 126 Å². The van der Waals surface area contributed by atoms with Crippen LogP contribution in [0.1, 0.15) is 101 Å². The van der Waals surface area contributed by atoms with E-state index in [1.54, 1.807) is 18.1 Å². The summed E-state index contributed by atoms with van der Waals surface area (Å²) in [5.74, 6) is 0. The molecule has 0 aromatic rings. The summed E-state index contributed by atoms with van der Waals surface area (Å²) in [6.07, 6.45) is 8.56. The second-order valence-corrected chi connectivity index (χ2v) is 17.2. The standard InChI is InChI=1S/C22H48Si/c1-20(2,3)14-11-17-23(10,18-12-15-21(4,5)6)19-13-16-22(7,8)9/h11-19H2,1-10H3. The van der Waals surface area contributed by atoms with Crippen LogP contribution in [0.25, 0.3) is 0 Å². The van der Waals surface area contributed by atoms with Gasteiger partial charge in [0.2, 0.25) is 0 Å².